The Morgan fingerprint density at radius 3 is 2.77 bits per heavy atom. The predicted molar refractivity (Wildman–Crippen MR) is 93.6 cm³/mol. The topological polar surface area (TPSA) is 42.8 Å². The van der Waals surface area contributed by atoms with E-state index in [1.165, 1.54) is 16.9 Å². The van der Waals surface area contributed by atoms with Crippen molar-refractivity contribution in [2.24, 2.45) is 0 Å². The highest BCUT2D eigenvalue weighted by Gasteiger charge is 2.14. The second-order valence-corrected chi connectivity index (χ2v) is 12.5. The Balaban J connectivity index is 1.85. The third kappa shape index (κ3) is 3.31. The van der Waals surface area contributed by atoms with Crippen LogP contribution in [0, 0.1) is 0 Å². The quantitative estimate of drug-likeness (QED) is 0.543. The lowest BCUT2D eigenvalue weighted by Crippen LogP contribution is -2.22. The van der Waals surface area contributed by atoms with Crippen molar-refractivity contribution in [1.82, 2.24) is 14.8 Å². The van der Waals surface area contributed by atoms with Gasteiger partial charge in [-0.25, -0.2) is 0 Å². The fourth-order valence-electron chi connectivity index (χ4n) is 2.51. The number of aromatic nitrogens is 3. The molecule has 4 nitrogen and oxygen atoms in total. The van der Waals surface area contributed by atoms with Crippen molar-refractivity contribution in [2.75, 3.05) is 6.61 Å². The zero-order chi connectivity index (χ0) is 15.6. The summed E-state index contributed by atoms with van der Waals surface area (Å²) in [4.78, 5) is 0. The number of nitrogens with one attached hydrogen (secondary N) is 1. The molecular weight excluding hydrogens is 290 g/mol. The number of ether oxygens (including phenoxy) is 1. The normalized spacial score (nSPS) is 12.1. The number of fused-ring (bicyclic) bond motifs is 1. The molecule has 0 spiro atoms. The fourth-order valence-corrected chi connectivity index (χ4v) is 3.27. The molecule has 0 aliphatic carbocycles. The molecule has 0 unspecified atom stereocenters. The second kappa shape index (κ2) is 6.10. The average molecular weight is 313 g/mol. The summed E-state index contributed by atoms with van der Waals surface area (Å²) in [6.07, 6.45) is 3.78. The van der Waals surface area contributed by atoms with E-state index in [1.54, 1.807) is 0 Å². The van der Waals surface area contributed by atoms with Gasteiger partial charge in [-0.05, 0) is 18.2 Å². The molecule has 0 atom stereocenters. The molecule has 0 aliphatic heterocycles. The number of aromatic amines is 1. The first-order chi connectivity index (χ1) is 10.5. The van der Waals surface area contributed by atoms with Crippen LogP contribution in [0.1, 0.15) is 0 Å². The Morgan fingerprint density at radius 2 is 2.05 bits per heavy atom. The lowest BCUT2D eigenvalue weighted by molar-refractivity contribution is 0.0913. The lowest BCUT2D eigenvalue weighted by atomic mass is 10.2. The van der Waals surface area contributed by atoms with Crippen molar-refractivity contribution in [1.29, 1.82) is 0 Å². The van der Waals surface area contributed by atoms with Gasteiger partial charge in [-0.3, -0.25) is 5.10 Å². The predicted octanol–water partition coefficient (Wildman–Crippen LogP) is 4.34. The van der Waals surface area contributed by atoms with Gasteiger partial charge in [-0.1, -0.05) is 37.8 Å². The van der Waals surface area contributed by atoms with Gasteiger partial charge < -0.3 is 9.30 Å². The van der Waals surface area contributed by atoms with Crippen LogP contribution in [0.2, 0.25) is 25.7 Å². The van der Waals surface area contributed by atoms with Gasteiger partial charge in [0.1, 0.15) is 6.73 Å². The maximum absolute atomic E-state index is 5.97. The van der Waals surface area contributed by atoms with Crippen molar-refractivity contribution in [2.45, 2.75) is 32.4 Å². The zero-order valence-electron chi connectivity index (χ0n) is 13.5. The first-order valence-electron chi connectivity index (χ1n) is 7.70. The van der Waals surface area contributed by atoms with Crippen LogP contribution >= 0.6 is 0 Å². The number of rotatable bonds is 6. The largest absolute Gasteiger partial charge is 0.361 e. The third-order valence-electron chi connectivity index (χ3n) is 3.82. The number of nitrogens with zero attached hydrogens (tertiary/aromatic N) is 2. The Hall–Kier alpha value is -1.85. The summed E-state index contributed by atoms with van der Waals surface area (Å²) < 4.78 is 8.19. The molecule has 3 aromatic rings. The van der Waals surface area contributed by atoms with Crippen molar-refractivity contribution < 1.29 is 4.74 Å². The van der Waals surface area contributed by atoms with Gasteiger partial charge in [0.15, 0.2) is 0 Å². The molecule has 0 saturated carbocycles. The van der Waals surface area contributed by atoms with E-state index in [1.807, 2.05) is 12.4 Å². The summed E-state index contributed by atoms with van der Waals surface area (Å²) in [6, 6.07) is 11.8. The Kier molecular flexibility index (Phi) is 4.18. The summed E-state index contributed by atoms with van der Waals surface area (Å²) >= 11 is 0. The van der Waals surface area contributed by atoms with Gasteiger partial charge in [0.05, 0.1) is 17.4 Å². The molecule has 0 saturated heterocycles. The van der Waals surface area contributed by atoms with Crippen LogP contribution < -0.4 is 0 Å². The van der Waals surface area contributed by atoms with Crippen LogP contribution in [0.4, 0.5) is 0 Å². The maximum atomic E-state index is 5.97. The standard InChI is InChI=1S/C17H23N3OSi/c1-22(2,3)9-8-21-13-20-16-7-5-4-6-14(16)10-17(20)15-11-18-19-12-15/h4-7,10-12H,8-9,13H2,1-3H3,(H,18,19). The molecule has 1 N–H and O–H groups in total. The highest BCUT2D eigenvalue weighted by molar-refractivity contribution is 6.76. The number of para-hydroxylation sites is 1. The molecule has 3 rings (SSSR count). The Labute approximate surface area is 132 Å². The Morgan fingerprint density at radius 1 is 1.23 bits per heavy atom. The van der Waals surface area contributed by atoms with E-state index in [-0.39, 0.29) is 0 Å². The minimum Gasteiger partial charge on any atom is -0.361 e. The summed E-state index contributed by atoms with van der Waals surface area (Å²) in [5.41, 5.74) is 3.43. The fraction of sp³-hybridized carbons (Fsp3) is 0.353. The van der Waals surface area contributed by atoms with Crippen LogP contribution in [0.5, 0.6) is 0 Å². The summed E-state index contributed by atoms with van der Waals surface area (Å²) in [5.74, 6) is 0. The minimum atomic E-state index is -1.05. The molecule has 2 aromatic heterocycles. The monoisotopic (exact) mass is 313 g/mol. The van der Waals surface area contributed by atoms with Gasteiger partial charge in [-0.2, -0.15) is 5.10 Å². The highest BCUT2D eigenvalue weighted by Crippen LogP contribution is 2.27. The molecule has 22 heavy (non-hydrogen) atoms. The smallest absolute Gasteiger partial charge is 0.123 e. The van der Waals surface area contributed by atoms with Gasteiger partial charge in [0, 0.05) is 31.8 Å². The molecule has 1 aromatic carbocycles. The van der Waals surface area contributed by atoms with Crippen LogP contribution in [0.3, 0.4) is 0 Å². The molecular formula is C17H23N3OSi. The second-order valence-electron chi connectivity index (χ2n) is 6.85. The van der Waals surface area contributed by atoms with E-state index in [0.717, 1.165) is 17.9 Å². The molecule has 0 amide bonds. The van der Waals surface area contributed by atoms with Crippen LogP contribution in [0.25, 0.3) is 22.2 Å². The average Bonchev–Trinajstić information content (AvgIpc) is 3.10. The molecule has 0 fully saturated rings. The molecule has 0 aliphatic rings. The van der Waals surface area contributed by atoms with Gasteiger partial charge in [0.2, 0.25) is 0 Å². The number of hydrogen-bond donors (Lipinski definition) is 1. The first kappa shape index (κ1) is 15.1. The van der Waals surface area contributed by atoms with Crippen molar-refractivity contribution in [3.05, 3.63) is 42.7 Å². The minimum absolute atomic E-state index is 0.582. The van der Waals surface area contributed by atoms with Gasteiger partial charge in [-0.15, -0.1) is 0 Å². The van der Waals surface area contributed by atoms with E-state index in [2.05, 4.69) is 64.7 Å². The number of benzene rings is 1. The highest BCUT2D eigenvalue weighted by atomic mass is 28.3. The van der Waals surface area contributed by atoms with Crippen molar-refractivity contribution in [3.63, 3.8) is 0 Å². The van der Waals surface area contributed by atoms with Crippen molar-refractivity contribution >= 4 is 19.0 Å². The molecule has 116 valence electrons. The third-order valence-corrected chi connectivity index (χ3v) is 5.53. The van der Waals surface area contributed by atoms with Crippen molar-refractivity contribution in [3.8, 4) is 11.3 Å². The number of hydrogen-bond acceptors (Lipinski definition) is 2. The van der Waals surface area contributed by atoms with Crippen LogP contribution in [-0.2, 0) is 11.5 Å². The van der Waals surface area contributed by atoms with E-state index in [9.17, 15) is 0 Å². The van der Waals surface area contributed by atoms with Crippen LogP contribution in [-0.4, -0.2) is 29.4 Å². The van der Waals surface area contributed by atoms with Crippen LogP contribution in [0.15, 0.2) is 42.7 Å². The molecule has 5 heteroatoms. The van der Waals surface area contributed by atoms with E-state index >= 15 is 0 Å². The van der Waals surface area contributed by atoms with E-state index in [0.29, 0.717) is 6.73 Å². The lowest BCUT2D eigenvalue weighted by Gasteiger charge is -2.16. The van der Waals surface area contributed by atoms with E-state index in [4.69, 9.17) is 4.74 Å². The summed E-state index contributed by atoms with van der Waals surface area (Å²) in [5, 5.41) is 8.18. The first-order valence-corrected chi connectivity index (χ1v) is 11.4. The SMILES string of the molecule is C[Si](C)(C)CCOCn1c(-c2cn[nH]c2)cc2ccccc21. The van der Waals surface area contributed by atoms with Gasteiger partial charge >= 0.3 is 0 Å². The molecule has 2 heterocycles. The summed E-state index contributed by atoms with van der Waals surface area (Å²) in [7, 11) is -1.05. The summed E-state index contributed by atoms with van der Waals surface area (Å²) in [6.45, 7) is 8.53. The molecule has 0 bridgehead atoms. The zero-order valence-corrected chi connectivity index (χ0v) is 14.5. The number of H-pyrrole nitrogens is 1. The Bertz CT molecular complexity index is 741. The van der Waals surface area contributed by atoms with E-state index < -0.39 is 8.07 Å². The molecule has 0 radical (unpaired) electrons. The maximum Gasteiger partial charge on any atom is 0.123 e. The van der Waals surface area contributed by atoms with Gasteiger partial charge in [0.25, 0.3) is 0 Å².